The van der Waals surface area contributed by atoms with Crippen molar-refractivity contribution < 1.29 is 38.1 Å². The summed E-state index contributed by atoms with van der Waals surface area (Å²) in [6.07, 6.45) is 3.57. The number of amides is 1. The van der Waals surface area contributed by atoms with Gasteiger partial charge in [-0.15, -0.1) is 0 Å². The van der Waals surface area contributed by atoms with Gasteiger partial charge in [0.05, 0.1) is 29.5 Å². The molecule has 0 aromatic carbocycles. The highest BCUT2D eigenvalue weighted by Gasteiger charge is 2.86. The first kappa shape index (κ1) is 35.7. The standard InChI is InChI=1S/C36H57ClF2N2O6/c1-20(40-37)28(44)41(9)18-25(43)46-22-16-23-32(7)17-21(42)26(33(8)11-10-24(47-33)30(4,5)45)31(32,6)12-13-34(23)19-35(34)14-15-36(38,39)29(2,3)27(22)35/h20-24,26-27,40,42,45H,10-19H2,1-9H3/t20-,21-,22-,23-,24-,26-,27-,31+,32-,33-,34-,35+/m0/s1. The van der Waals surface area contributed by atoms with Gasteiger partial charge in [0.1, 0.15) is 12.6 Å². The fourth-order valence-corrected chi connectivity index (χ4v) is 13.1. The van der Waals surface area contributed by atoms with E-state index in [-0.39, 0.29) is 58.5 Å². The Hall–Kier alpha value is -1.07. The molecule has 1 amide bonds. The fraction of sp³-hybridized carbons (Fsp3) is 0.944. The van der Waals surface area contributed by atoms with Gasteiger partial charge < -0.3 is 24.6 Å². The molecule has 1 heterocycles. The summed E-state index contributed by atoms with van der Waals surface area (Å²) in [5.41, 5.74) is -4.21. The van der Waals surface area contributed by atoms with Crippen molar-refractivity contribution in [3.05, 3.63) is 0 Å². The summed E-state index contributed by atoms with van der Waals surface area (Å²) in [4.78, 5) is 29.8. The van der Waals surface area contributed by atoms with Gasteiger partial charge in [-0.2, -0.15) is 0 Å². The second kappa shape index (κ2) is 10.7. The van der Waals surface area contributed by atoms with E-state index in [4.69, 9.17) is 21.3 Å². The van der Waals surface area contributed by atoms with E-state index in [1.807, 2.05) is 0 Å². The Morgan fingerprint density at radius 1 is 1.04 bits per heavy atom. The first-order valence-corrected chi connectivity index (χ1v) is 18.1. The molecule has 0 aromatic heterocycles. The number of esters is 1. The number of hydrogen-bond donors (Lipinski definition) is 3. The Bertz CT molecular complexity index is 1310. The maximum absolute atomic E-state index is 15.8. The maximum atomic E-state index is 15.8. The number of halogens is 3. The average molecular weight is 687 g/mol. The summed E-state index contributed by atoms with van der Waals surface area (Å²) in [7, 11) is 1.50. The average Bonchev–Trinajstić information content (AvgIpc) is 3.33. The molecule has 0 radical (unpaired) electrons. The highest BCUT2D eigenvalue weighted by atomic mass is 35.5. The maximum Gasteiger partial charge on any atom is 0.325 e. The molecule has 3 N–H and O–H groups in total. The van der Waals surface area contributed by atoms with E-state index in [1.54, 1.807) is 34.6 Å². The third-order valence-electron chi connectivity index (χ3n) is 15.4. The van der Waals surface area contributed by atoms with Crippen LogP contribution in [0.2, 0.25) is 0 Å². The largest absolute Gasteiger partial charge is 0.461 e. The zero-order valence-corrected chi connectivity index (χ0v) is 30.5. The van der Waals surface area contributed by atoms with Crippen molar-refractivity contribution in [2.75, 3.05) is 13.6 Å². The summed E-state index contributed by atoms with van der Waals surface area (Å²) in [6, 6.07) is -0.707. The Balaban J connectivity index is 1.35. The molecule has 0 unspecified atom stereocenters. The number of nitrogens with one attached hydrogen (secondary N) is 1. The van der Waals surface area contributed by atoms with Gasteiger partial charge in [0.25, 0.3) is 5.92 Å². The minimum Gasteiger partial charge on any atom is -0.461 e. The predicted octanol–water partition coefficient (Wildman–Crippen LogP) is 5.85. The number of carbonyl (C=O) groups is 2. The Morgan fingerprint density at radius 2 is 1.68 bits per heavy atom. The molecule has 47 heavy (non-hydrogen) atoms. The molecule has 11 heteroatoms. The third kappa shape index (κ3) is 4.76. The topological polar surface area (TPSA) is 108 Å². The van der Waals surface area contributed by atoms with E-state index < -0.39 is 52.7 Å². The molecule has 6 aliphatic rings. The normalized spacial score (nSPS) is 48.4. The van der Waals surface area contributed by atoms with Crippen LogP contribution in [0.1, 0.15) is 113 Å². The summed E-state index contributed by atoms with van der Waals surface area (Å²) in [6.45, 7) is 14.8. The molecule has 2 spiro atoms. The number of alkyl halides is 2. The van der Waals surface area contributed by atoms with Gasteiger partial charge in [0.2, 0.25) is 5.91 Å². The SMILES string of the molecule is C[C@H](NCl)C(=O)N(C)CC(=O)O[C@H]1C[C@@H]2[C@]3(CC[C@]4(C)[C@@H]([C@]5(C)CC[C@@H](C(C)(C)O)O5)[C@@H](O)C[C@@]24C)C[C@@]32CCC(F)(F)C(C)(C)[C@H]12. The van der Waals surface area contributed by atoms with Gasteiger partial charge in [-0.3, -0.25) is 9.59 Å². The number of aliphatic hydroxyl groups excluding tert-OH is 1. The van der Waals surface area contributed by atoms with Crippen LogP contribution in [0, 0.1) is 44.8 Å². The molecule has 6 fully saturated rings. The highest BCUT2D eigenvalue weighted by molar-refractivity contribution is 6.15. The zero-order chi connectivity index (χ0) is 35.0. The van der Waals surface area contributed by atoms with E-state index >= 15 is 8.78 Å². The minimum atomic E-state index is -2.91. The van der Waals surface area contributed by atoms with Crippen molar-refractivity contribution in [1.82, 2.24) is 9.74 Å². The number of likely N-dealkylation sites (N-methyl/N-ethyl adjacent to an activating group) is 1. The second-order valence-electron chi connectivity index (χ2n) is 18.4. The van der Waals surface area contributed by atoms with Gasteiger partial charge in [0.15, 0.2) is 0 Å². The summed E-state index contributed by atoms with van der Waals surface area (Å²) < 4.78 is 44.6. The van der Waals surface area contributed by atoms with Crippen LogP contribution >= 0.6 is 11.8 Å². The minimum absolute atomic E-state index is 0.0555. The zero-order valence-electron chi connectivity index (χ0n) is 29.7. The number of aliphatic hydroxyl groups is 2. The molecule has 12 atom stereocenters. The van der Waals surface area contributed by atoms with E-state index in [1.165, 1.54) is 11.9 Å². The lowest BCUT2D eigenvalue weighted by molar-refractivity contribution is -0.252. The monoisotopic (exact) mass is 686 g/mol. The molecule has 5 aliphatic carbocycles. The van der Waals surface area contributed by atoms with Crippen LogP contribution in [0.25, 0.3) is 0 Å². The lowest BCUT2D eigenvalue weighted by atomic mass is 9.41. The van der Waals surface area contributed by atoms with E-state index in [9.17, 15) is 19.8 Å². The first-order chi connectivity index (χ1) is 21.5. The summed E-state index contributed by atoms with van der Waals surface area (Å²) in [5, 5.41) is 22.8. The number of rotatable bonds is 7. The summed E-state index contributed by atoms with van der Waals surface area (Å²) >= 11 is 5.65. The van der Waals surface area contributed by atoms with Crippen molar-refractivity contribution in [1.29, 1.82) is 0 Å². The molecule has 1 aliphatic heterocycles. The molecular weight excluding hydrogens is 630 g/mol. The molecular formula is C36H57ClF2N2O6. The molecule has 5 saturated carbocycles. The van der Waals surface area contributed by atoms with Crippen LogP contribution in [0.5, 0.6) is 0 Å². The molecule has 6 rings (SSSR count). The van der Waals surface area contributed by atoms with Crippen molar-refractivity contribution in [2.24, 2.45) is 44.8 Å². The molecule has 0 aromatic rings. The quantitative estimate of drug-likeness (QED) is 0.228. The highest BCUT2D eigenvalue weighted by Crippen LogP contribution is 2.90. The first-order valence-electron chi connectivity index (χ1n) is 17.7. The number of nitrogens with zero attached hydrogens (tertiary/aromatic N) is 1. The molecule has 268 valence electrons. The van der Waals surface area contributed by atoms with Crippen LogP contribution < -0.4 is 4.84 Å². The van der Waals surface area contributed by atoms with E-state index in [0.717, 1.165) is 25.7 Å². The lowest BCUT2D eigenvalue weighted by Gasteiger charge is -2.65. The van der Waals surface area contributed by atoms with Gasteiger partial charge >= 0.3 is 5.97 Å². The number of carbonyl (C=O) groups excluding carboxylic acids is 2. The van der Waals surface area contributed by atoms with Gasteiger partial charge in [-0.05, 0) is 118 Å². The predicted molar refractivity (Wildman–Crippen MR) is 173 cm³/mol. The Morgan fingerprint density at radius 3 is 2.28 bits per heavy atom. The number of fused-ring (bicyclic) bond motifs is 2. The van der Waals surface area contributed by atoms with Crippen molar-refractivity contribution >= 4 is 23.7 Å². The van der Waals surface area contributed by atoms with Crippen molar-refractivity contribution in [2.45, 2.75) is 155 Å². The van der Waals surface area contributed by atoms with Crippen molar-refractivity contribution in [3.63, 3.8) is 0 Å². The fourth-order valence-electron chi connectivity index (χ4n) is 13.0. The number of hydrogen-bond acceptors (Lipinski definition) is 7. The van der Waals surface area contributed by atoms with E-state index in [2.05, 4.69) is 25.6 Å². The third-order valence-corrected chi connectivity index (χ3v) is 15.7. The second-order valence-corrected chi connectivity index (χ2v) is 18.6. The summed E-state index contributed by atoms with van der Waals surface area (Å²) in [5.74, 6) is -4.54. The molecule has 1 saturated heterocycles. The number of ether oxygens (including phenoxy) is 2. The molecule has 0 bridgehead atoms. The van der Waals surface area contributed by atoms with Crippen LogP contribution in [-0.4, -0.2) is 82.1 Å². The van der Waals surface area contributed by atoms with Crippen LogP contribution in [0.15, 0.2) is 0 Å². The van der Waals surface area contributed by atoms with Gasteiger partial charge in [-0.25, -0.2) is 13.6 Å². The lowest BCUT2D eigenvalue weighted by Crippen LogP contribution is -2.64. The van der Waals surface area contributed by atoms with Crippen LogP contribution in [0.4, 0.5) is 8.78 Å². The van der Waals surface area contributed by atoms with E-state index in [0.29, 0.717) is 25.7 Å². The van der Waals surface area contributed by atoms with Crippen molar-refractivity contribution in [3.8, 4) is 0 Å². The van der Waals surface area contributed by atoms with Crippen LogP contribution in [-0.2, 0) is 19.1 Å². The van der Waals surface area contributed by atoms with Gasteiger partial charge in [-0.1, -0.05) is 27.7 Å². The van der Waals surface area contributed by atoms with Crippen LogP contribution in [0.3, 0.4) is 0 Å². The van der Waals surface area contributed by atoms with Gasteiger partial charge in [0, 0.05) is 30.7 Å². The Labute approximate surface area is 284 Å². The molecule has 8 nitrogen and oxygen atoms in total. The Kier molecular flexibility index (Phi) is 8.15. The smallest absolute Gasteiger partial charge is 0.325 e.